The third-order valence-electron chi connectivity index (χ3n) is 2.59. The Morgan fingerprint density at radius 3 is 2.59 bits per heavy atom. The predicted octanol–water partition coefficient (Wildman–Crippen LogP) is 1.21. The van der Waals surface area contributed by atoms with E-state index in [1.807, 2.05) is 10.3 Å². The Hall–Kier alpha value is -2.30. The maximum absolute atomic E-state index is 12.0. The summed E-state index contributed by atoms with van der Waals surface area (Å²) in [6.45, 7) is 0. The van der Waals surface area contributed by atoms with Crippen molar-refractivity contribution in [1.82, 2.24) is 10.3 Å². The number of sulfonamides is 1. The number of thiophene rings is 1. The van der Waals surface area contributed by atoms with Crippen molar-refractivity contribution in [1.29, 1.82) is 0 Å². The average molecular weight is 341 g/mol. The van der Waals surface area contributed by atoms with E-state index in [0.717, 1.165) is 17.0 Å². The molecule has 1 heterocycles. The van der Waals surface area contributed by atoms with Crippen LogP contribution in [0.5, 0.6) is 0 Å². The molecule has 0 aliphatic rings. The second-order valence-electron chi connectivity index (χ2n) is 4.13. The summed E-state index contributed by atoms with van der Waals surface area (Å²) in [5.41, 5.74) is 1.47. The largest absolute Gasteiger partial charge is 0.289 e. The second-order valence-corrected chi connectivity index (χ2v) is 6.82. The molecule has 2 rings (SSSR count). The second kappa shape index (κ2) is 6.64. The standard InChI is InChI=1S/C12H11N3O5S2/c16-12(8-9-4-3-7-21-9)13-14-22(19,20)11-6-2-1-5-10(11)15(17)18/h1-7,14H,8H2,(H,13,16). The van der Waals surface area contributed by atoms with Gasteiger partial charge in [-0.1, -0.05) is 18.2 Å². The third kappa shape index (κ3) is 3.87. The number of carbonyl (C=O) groups is 1. The minimum absolute atomic E-state index is 0.0110. The molecule has 2 aromatic rings. The molecule has 1 amide bonds. The zero-order chi connectivity index (χ0) is 16.2. The molecule has 0 aliphatic heterocycles. The maximum atomic E-state index is 12.0. The van der Waals surface area contributed by atoms with Crippen LogP contribution >= 0.6 is 11.3 Å². The zero-order valence-electron chi connectivity index (χ0n) is 11.1. The van der Waals surface area contributed by atoms with Gasteiger partial charge in [-0.15, -0.1) is 16.2 Å². The van der Waals surface area contributed by atoms with E-state index in [4.69, 9.17) is 0 Å². The Labute approximate surface area is 130 Å². The van der Waals surface area contributed by atoms with Crippen LogP contribution in [-0.2, 0) is 21.2 Å². The smallest absolute Gasteiger partial charge is 0.277 e. The molecule has 0 fully saturated rings. The van der Waals surface area contributed by atoms with Gasteiger partial charge in [-0.25, -0.2) is 8.42 Å². The summed E-state index contributed by atoms with van der Waals surface area (Å²) in [7, 11) is -4.23. The Bertz CT molecular complexity index is 787. The van der Waals surface area contributed by atoms with Crippen molar-refractivity contribution >= 4 is 33.0 Å². The zero-order valence-corrected chi connectivity index (χ0v) is 12.7. The van der Waals surface area contributed by atoms with Crippen LogP contribution < -0.4 is 10.3 Å². The van der Waals surface area contributed by atoms with Crippen LogP contribution in [0.2, 0.25) is 0 Å². The van der Waals surface area contributed by atoms with Crippen molar-refractivity contribution in [3.63, 3.8) is 0 Å². The van der Waals surface area contributed by atoms with E-state index in [1.165, 1.54) is 23.5 Å². The van der Waals surface area contributed by atoms with E-state index in [0.29, 0.717) is 0 Å². The van der Waals surface area contributed by atoms with Crippen LogP contribution in [0.15, 0.2) is 46.7 Å². The molecule has 8 nitrogen and oxygen atoms in total. The predicted molar refractivity (Wildman–Crippen MR) is 79.6 cm³/mol. The van der Waals surface area contributed by atoms with Crippen LogP contribution in [0.4, 0.5) is 5.69 Å². The number of nitro groups is 1. The number of hydrogen-bond donors (Lipinski definition) is 2. The summed E-state index contributed by atoms with van der Waals surface area (Å²) in [5.74, 6) is -0.565. The van der Waals surface area contributed by atoms with Crippen molar-refractivity contribution in [3.8, 4) is 0 Å². The van der Waals surface area contributed by atoms with Crippen LogP contribution in [0.25, 0.3) is 0 Å². The maximum Gasteiger partial charge on any atom is 0.289 e. The van der Waals surface area contributed by atoms with Crippen LogP contribution in [0, 0.1) is 10.1 Å². The molecule has 0 unspecified atom stereocenters. The van der Waals surface area contributed by atoms with Gasteiger partial charge in [-0.2, -0.15) is 0 Å². The first kappa shape index (κ1) is 16.1. The van der Waals surface area contributed by atoms with E-state index < -0.39 is 31.4 Å². The minimum atomic E-state index is -4.23. The lowest BCUT2D eigenvalue weighted by Gasteiger charge is -2.08. The number of hydrogen-bond acceptors (Lipinski definition) is 6. The Kier molecular flexibility index (Phi) is 4.85. The first-order valence-corrected chi connectivity index (χ1v) is 8.33. The monoisotopic (exact) mass is 341 g/mol. The summed E-state index contributed by atoms with van der Waals surface area (Å²) in [4.78, 5) is 23.8. The highest BCUT2D eigenvalue weighted by molar-refractivity contribution is 7.89. The van der Waals surface area contributed by atoms with Crippen LogP contribution in [-0.4, -0.2) is 19.2 Å². The van der Waals surface area contributed by atoms with Crippen molar-refractivity contribution in [2.75, 3.05) is 0 Å². The summed E-state index contributed by atoms with van der Waals surface area (Å²) in [6.07, 6.45) is 0.0110. The van der Waals surface area contributed by atoms with Gasteiger partial charge in [0.1, 0.15) is 0 Å². The highest BCUT2D eigenvalue weighted by Gasteiger charge is 2.25. The average Bonchev–Trinajstić information content (AvgIpc) is 2.98. The number of carbonyl (C=O) groups excluding carboxylic acids is 1. The number of nitro benzene ring substituents is 1. The van der Waals surface area contributed by atoms with Gasteiger partial charge in [-0.3, -0.25) is 20.3 Å². The molecule has 0 bridgehead atoms. The molecule has 0 atom stereocenters. The molecule has 116 valence electrons. The van der Waals surface area contributed by atoms with E-state index in [9.17, 15) is 23.3 Å². The lowest BCUT2D eigenvalue weighted by Crippen LogP contribution is -2.42. The van der Waals surface area contributed by atoms with E-state index in [1.54, 1.807) is 17.5 Å². The van der Waals surface area contributed by atoms with E-state index in [-0.39, 0.29) is 6.42 Å². The van der Waals surface area contributed by atoms with Gasteiger partial charge in [-0.05, 0) is 17.5 Å². The molecular formula is C12H11N3O5S2. The molecule has 0 saturated carbocycles. The molecule has 2 N–H and O–H groups in total. The van der Waals surface area contributed by atoms with Crippen molar-refractivity contribution in [2.24, 2.45) is 0 Å². The number of rotatable bonds is 6. The van der Waals surface area contributed by atoms with Crippen LogP contribution in [0.3, 0.4) is 0 Å². The summed E-state index contributed by atoms with van der Waals surface area (Å²) < 4.78 is 24.1. The molecule has 0 aliphatic carbocycles. The highest BCUT2D eigenvalue weighted by atomic mass is 32.2. The first-order chi connectivity index (χ1) is 10.4. The fraction of sp³-hybridized carbons (Fsp3) is 0.0833. The molecule has 1 aromatic carbocycles. The molecule has 0 saturated heterocycles. The number of hydrazine groups is 1. The molecule has 0 spiro atoms. The van der Waals surface area contributed by atoms with Gasteiger partial charge in [0.05, 0.1) is 11.3 Å². The number of para-hydroxylation sites is 1. The van der Waals surface area contributed by atoms with E-state index >= 15 is 0 Å². The highest BCUT2D eigenvalue weighted by Crippen LogP contribution is 2.22. The van der Waals surface area contributed by atoms with Crippen LogP contribution in [0.1, 0.15) is 4.88 Å². The Morgan fingerprint density at radius 2 is 1.95 bits per heavy atom. The molecule has 22 heavy (non-hydrogen) atoms. The van der Waals surface area contributed by atoms with E-state index in [2.05, 4.69) is 0 Å². The fourth-order valence-electron chi connectivity index (χ4n) is 1.63. The van der Waals surface area contributed by atoms with Gasteiger partial charge in [0, 0.05) is 10.9 Å². The third-order valence-corrected chi connectivity index (χ3v) is 4.76. The molecule has 10 heteroatoms. The normalized spacial score (nSPS) is 11.1. The SMILES string of the molecule is O=C(Cc1cccs1)NNS(=O)(=O)c1ccccc1[N+](=O)[O-]. The first-order valence-electron chi connectivity index (χ1n) is 5.96. The van der Waals surface area contributed by atoms with Crippen molar-refractivity contribution in [2.45, 2.75) is 11.3 Å². The summed E-state index contributed by atoms with van der Waals surface area (Å²) >= 11 is 1.36. The number of nitrogens with one attached hydrogen (secondary N) is 2. The quantitative estimate of drug-likeness (QED) is 0.605. The van der Waals surface area contributed by atoms with Gasteiger partial charge < -0.3 is 0 Å². The van der Waals surface area contributed by atoms with Gasteiger partial charge in [0.2, 0.25) is 5.91 Å². The minimum Gasteiger partial charge on any atom is -0.277 e. The summed E-state index contributed by atoms with van der Waals surface area (Å²) in [6, 6.07) is 8.38. The number of benzene rings is 1. The Balaban J connectivity index is 2.08. The molecular weight excluding hydrogens is 330 g/mol. The Morgan fingerprint density at radius 1 is 1.23 bits per heavy atom. The van der Waals surface area contributed by atoms with Crippen molar-refractivity contribution in [3.05, 3.63) is 56.8 Å². The molecule has 0 radical (unpaired) electrons. The van der Waals surface area contributed by atoms with Crippen molar-refractivity contribution < 1.29 is 18.1 Å². The summed E-state index contributed by atoms with van der Waals surface area (Å²) in [5, 5.41) is 12.6. The van der Waals surface area contributed by atoms with Gasteiger partial charge in [0.15, 0.2) is 4.90 Å². The lowest BCUT2D eigenvalue weighted by atomic mass is 10.3. The number of amides is 1. The van der Waals surface area contributed by atoms with Gasteiger partial charge in [0.25, 0.3) is 15.7 Å². The van der Waals surface area contributed by atoms with Gasteiger partial charge >= 0.3 is 0 Å². The molecule has 1 aromatic heterocycles. The fourth-order valence-corrected chi connectivity index (χ4v) is 3.37. The lowest BCUT2D eigenvalue weighted by molar-refractivity contribution is -0.387. The topological polar surface area (TPSA) is 118 Å². The number of nitrogens with zero attached hydrogens (tertiary/aromatic N) is 1.